The monoisotopic (exact) mass is 400 g/mol. The van der Waals surface area contributed by atoms with Gasteiger partial charge in [-0.2, -0.15) is 0 Å². The van der Waals surface area contributed by atoms with Crippen molar-refractivity contribution in [3.63, 3.8) is 0 Å². The number of thiophene rings is 1. The summed E-state index contributed by atoms with van der Waals surface area (Å²) in [6.07, 6.45) is 5.37. The van der Waals surface area contributed by atoms with Gasteiger partial charge >= 0.3 is 0 Å². The van der Waals surface area contributed by atoms with E-state index in [4.69, 9.17) is 9.47 Å². The number of nitrogens with one attached hydrogen (secondary N) is 2. The number of carbonyl (C=O) groups excluding carboxylic acids is 2. The van der Waals surface area contributed by atoms with Crippen molar-refractivity contribution in [3.05, 3.63) is 40.6 Å². The van der Waals surface area contributed by atoms with Gasteiger partial charge < -0.3 is 20.1 Å². The van der Waals surface area contributed by atoms with Gasteiger partial charge in [-0.25, -0.2) is 0 Å². The van der Waals surface area contributed by atoms with Crippen molar-refractivity contribution in [2.45, 2.75) is 57.3 Å². The number of benzene rings is 1. The lowest BCUT2D eigenvalue weighted by atomic mass is 9.94. The van der Waals surface area contributed by atoms with E-state index < -0.39 is 5.79 Å². The van der Waals surface area contributed by atoms with Gasteiger partial charge in [0.05, 0.1) is 12.5 Å². The molecule has 0 radical (unpaired) electrons. The van der Waals surface area contributed by atoms with E-state index in [0.29, 0.717) is 11.4 Å². The van der Waals surface area contributed by atoms with Crippen LogP contribution in [0.5, 0.6) is 11.5 Å². The number of ether oxygens (including phenoxy) is 2. The minimum absolute atomic E-state index is 0.160. The van der Waals surface area contributed by atoms with Gasteiger partial charge in [0.1, 0.15) is 0 Å². The van der Waals surface area contributed by atoms with Gasteiger partial charge in [-0.3, -0.25) is 9.59 Å². The first kappa shape index (κ1) is 18.8. The Morgan fingerprint density at radius 1 is 1.14 bits per heavy atom. The van der Waals surface area contributed by atoms with Gasteiger partial charge in [0.25, 0.3) is 5.79 Å². The average Bonchev–Trinajstić information content (AvgIpc) is 3.29. The predicted octanol–water partition coefficient (Wildman–Crippen LogP) is 4.39. The second kappa shape index (κ2) is 7.83. The zero-order valence-electron chi connectivity index (χ0n) is 15.8. The number of anilines is 1. The fraction of sp³-hybridized carbons (Fsp3) is 0.429. The SMILES string of the molecule is CC(=O)NC(CC(=O)Nc1ccc2c(c1)OC1(CCCCC1)O2)c1cccs1. The Balaban J connectivity index is 1.41. The molecule has 2 N–H and O–H groups in total. The van der Waals surface area contributed by atoms with Crippen LogP contribution in [0.2, 0.25) is 0 Å². The Bertz CT molecular complexity index is 859. The summed E-state index contributed by atoms with van der Waals surface area (Å²) in [4.78, 5) is 25.0. The zero-order valence-corrected chi connectivity index (χ0v) is 16.6. The average molecular weight is 401 g/mol. The molecule has 0 bridgehead atoms. The summed E-state index contributed by atoms with van der Waals surface area (Å²) >= 11 is 1.52. The van der Waals surface area contributed by atoms with Crippen LogP contribution < -0.4 is 20.1 Å². The lowest BCUT2D eigenvalue weighted by Gasteiger charge is -2.31. The zero-order chi connectivity index (χ0) is 19.6. The molecule has 2 amide bonds. The molecule has 1 aliphatic heterocycles. The van der Waals surface area contributed by atoms with Gasteiger partial charge in [0.2, 0.25) is 11.8 Å². The lowest BCUT2D eigenvalue weighted by molar-refractivity contribution is -0.120. The first-order valence-electron chi connectivity index (χ1n) is 9.65. The Labute approximate surface area is 168 Å². The molecule has 1 fully saturated rings. The lowest BCUT2D eigenvalue weighted by Crippen LogP contribution is -2.40. The fourth-order valence-corrected chi connectivity index (χ4v) is 4.60. The molecule has 2 heterocycles. The van der Waals surface area contributed by atoms with E-state index in [1.807, 2.05) is 35.7 Å². The topological polar surface area (TPSA) is 76.7 Å². The summed E-state index contributed by atoms with van der Waals surface area (Å²) in [6, 6.07) is 8.97. The Morgan fingerprint density at radius 2 is 1.93 bits per heavy atom. The third-order valence-electron chi connectivity index (χ3n) is 5.09. The van der Waals surface area contributed by atoms with E-state index in [2.05, 4.69) is 10.6 Å². The second-order valence-corrected chi connectivity index (χ2v) is 8.34. The molecule has 1 aromatic carbocycles. The van der Waals surface area contributed by atoms with Crippen LogP contribution >= 0.6 is 11.3 Å². The van der Waals surface area contributed by atoms with Crippen LogP contribution in [-0.4, -0.2) is 17.6 Å². The maximum Gasteiger partial charge on any atom is 0.251 e. The number of carbonyl (C=O) groups is 2. The van der Waals surface area contributed by atoms with Crippen molar-refractivity contribution in [1.82, 2.24) is 5.32 Å². The number of rotatable bonds is 5. The summed E-state index contributed by atoms with van der Waals surface area (Å²) in [6.45, 7) is 1.46. The normalized spacial score (nSPS) is 17.9. The number of hydrogen-bond acceptors (Lipinski definition) is 5. The standard InChI is InChI=1S/C21H24N2O4S/c1-14(24)22-16(19-6-5-11-28-19)13-20(25)23-15-7-8-17-18(12-15)27-21(26-17)9-3-2-4-10-21/h5-8,11-12,16H,2-4,9-10,13H2,1H3,(H,22,24)(H,23,25). The van der Waals surface area contributed by atoms with Crippen LogP contribution in [0.3, 0.4) is 0 Å². The molecule has 1 saturated carbocycles. The van der Waals surface area contributed by atoms with Gasteiger partial charge in [0, 0.05) is 36.4 Å². The van der Waals surface area contributed by atoms with Crippen LogP contribution in [0.4, 0.5) is 5.69 Å². The van der Waals surface area contributed by atoms with Crippen molar-refractivity contribution in [2.75, 3.05) is 5.32 Å². The number of amides is 2. The van der Waals surface area contributed by atoms with Crippen molar-refractivity contribution in [2.24, 2.45) is 0 Å². The van der Waals surface area contributed by atoms with E-state index in [9.17, 15) is 9.59 Å². The van der Waals surface area contributed by atoms with E-state index >= 15 is 0 Å². The molecular formula is C21H24N2O4S. The van der Waals surface area contributed by atoms with Crippen LogP contribution in [0, 0.1) is 0 Å². The van der Waals surface area contributed by atoms with Crippen LogP contribution in [-0.2, 0) is 9.59 Å². The van der Waals surface area contributed by atoms with E-state index in [-0.39, 0.29) is 24.3 Å². The Kier molecular flexibility index (Phi) is 5.26. The molecule has 1 unspecified atom stereocenters. The van der Waals surface area contributed by atoms with Crippen LogP contribution in [0.15, 0.2) is 35.7 Å². The summed E-state index contributed by atoms with van der Waals surface area (Å²) in [7, 11) is 0. The molecule has 0 saturated heterocycles. The van der Waals surface area contributed by atoms with Crippen LogP contribution in [0.1, 0.15) is 56.4 Å². The predicted molar refractivity (Wildman–Crippen MR) is 108 cm³/mol. The highest BCUT2D eigenvalue weighted by Gasteiger charge is 2.42. The fourth-order valence-electron chi connectivity index (χ4n) is 3.82. The molecule has 7 heteroatoms. The third-order valence-corrected chi connectivity index (χ3v) is 6.07. The summed E-state index contributed by atoms with van der Waals surface area (Å²) < 4.78 is 12.2. The summed E-state index contributed by atoms with van der Waals surface area (Å²) in [5.74, 6) is 0.551. The van der Waals surface area contributed by atoms with E-state index in [1.165, 1.54) is 24.7 Å². The molecule has 4 rings (SSSR count). The molecule has 1 aliphatic carbocycles. The molecule has 28 heavy (non-hydrogen) atoms. The second-order valence-electron chi connectivity index (χ2n) is 7.36. The maximum atomic E-state index is 12.6. The highest BCUT2D eigenvalue weighted by Crippen LogP contribution is 2.46. The first-order valence-corrected chi connectivity index (χ1v) is 10.5. The van der Waals surface area contributed by atoms with E-state index in [0.717, 1.165) is 36.3 Å². The number of fused-ring (bicyclic) bond motifs is 1. The highest BCUT2D eigenvalue weighted by atomic mass is 32.1. The van der Waals surface area contributed by atoms with Crippen LogP contribution in [0.25, 0.3) is 0 Å². The van der Waals surface area contributed by atoms with Gasteiger partial charge in [-0.15, -0.1) is 11.3 Å². The summed E-state index contributed by atoms with van der Waals surface area (Å²) in [5, 5.41) is 7.68. The summed E-state index contributed by atoms with van der Waals surface area (Å²) in [5.41, 5.74) is 0.660. The molecule has 1 spiro atoms. The van der Waals surface area contributed by atoms with Gasteiger partial charge in [-0.1, -0.05) is 12.5 Å². The van der Waals surface area contributed by atoms with E-state index in [1.54, 1.807) is 0 Å². The molecule has 1 aromatic heterocycles. The van der Waals surface area contributed by atoms with Gasteiger partial charge in [0.15, 0.2) is 11.5 Å². The smallest absolute Gasteiger partial charge is 0.251 e. The highest BCUT2D eigenvalue weighted by molar-refractivity contribution is 7.10. The van der Waals surface area contributed by atoms with Crippen molar-refractivity contribution in [1.29, 1.82) is 0 Å². The Morgan fingerprint density at radius 3 is 2.64 bits per heavy atom. The molecule has 1 atom stereocenters. The molecular weight excluding hydrogens is 376 g/mol. The molecule has 6 nitrogen and oxygen atoms in total. The van der Waals surface area contributed by atoms with Gasteiger partial charge in [-0.05, 0) is 36.4 Å². The Hall–Kier alpha value is -2.54. The van der Waals surface area contributed by atoms with Crippen molar-refractivity contribution < 1.29 is 19.1 Å². The largest absolute Gasteiger partial charge is 0.448 e. The quantitative estimate of drug-likeness (QED) is 0.781. The minimum Gasteiger partial charge on any atom is -0.448 e. The molecule has 2 aliphatic rings. The first-order chi connectivity index (χ1) is 13.5. The third kappa shape index (κ3) is 4.14. The maximum absolute atomic E-state index is 12.6. The molecule has 148 valence electrons. The van der Waals surface area contributed by atoms with Crippen molar-refractivity contribution >= 4 is 28.8 Å². The number of hydrogen-bond donors (Lipinski definition) is 2. The molecule has 2 aromatic rings. The minimum atomic E-state index is -0.529. The van der Waals surface area contributed by atoms with Crippen molar-refractivity contribution in [3.8, 4) is 11.5 Å².